The number of ether oxygens (including phenoxy) is 1. The van der Waals surface area contributed by atoms with Gasteiger partial charge in [-0.2, -0.15) is 0 Å². The van der Waals surface area contributed by atoms with Crippen molar-refractivity contribution in [1.29, 1.82) is 0 Å². The van der Waals surface area contributed by atoms with Crippen LogP contribution in [0, 0.1) is 0 Å². The average molecular weight is 278 g/mol. The van der Waals surface area contributed by atoms with Crippen molar-refractivity contribution in [2.75, 3.05) is 45.3 Å². The summed E-state index contributed by atoms with van der Waals surface area (Å²) < 4.78 is 5.01. The Morgan fingerprint density at radius 3 is 3.05 bits per heavy atom. The van der Waals surface area contributed by atoms with Gasteiger partial charge in [-0.1, -0.05) is 0 Å². The van der Waals surface area contributed by atoms with E-state index in [0.717, 1.165) is 25.1 Å². The number of aliphatic hydroxyl groups is 1. The molecule has 0 aliphatic carbocycles. The van der Waals surface area contributed by atoms with Crippen LogP contribution < -0.4 is 5.32 Å². The van der Waals surface area contributed by atoms with Crippen molar-refractivity contribution >= 4 is 11.6 Å². The van der Waals surface area contributed by atoms with Crippen LogP contribution in [0.4, 0.5) is 5.69 Å². The second kappa shape index (κ2) is 7.26. The number of aryl methyl sites for hydroxylation is 1. The summed E-state index contributed by atoms with van der Waals surface area (Å²) in [6, 6.07) is 5.77. The van der Waals surface area contributed by atoms with Gasteiger partial charge >= 0.3 is 0 Å². The molecule has 110 valence electrons. The SMILES string of the molecule is COCCN(CCO)C(=O)c1ccc2c(c1)CCCN2. The van der Waals surface area contributed by atoms with Crippen molar-refractivity contribution in [3.05, 3.63) is 29.3 Å². The standard InChI is InChI=1S/C15H22N2O3/c1-20-10-8-17(7-9-18)15(19)13-4-5-14-12(11-13)3-2-6-16-14/h4-5,11,16,18H,2-3,6-10H2,1H3. The fraction of sp³-hybridized carbons (Fsp3) is 0.533. The van der Waals surface area contributed by atoms with Gasteiger partial charge in [-0.15, -0.1) is 0 Å². The number of aliphatic hydroxyl groups excluding tert-OH is 1. The third kappa shape index (κ3) is 3.49. The number of nitrogens with zero attached hydrogens (tertiary/aromatic N) is 1. The minimum absolute atomic E-state index is 0.0397. The highest BCUT2D eigenvalue weighted by Crippen LogP contribution is 2.23. The Bertz CT molecular complexity index is 462. The summed E-state index contributed by atoms with van der Waals surface area (Å²) in [4.78, 5) is 14.1. The molecule has 0 fully saturated rings. The lowest BCUT2D eigenvalue weighted by Gasteiger charge is -2.23. The topological polar surface area (TPSA) is 61.8 Å². The smallest absolute Gasteiger partial charge is 0.254 e. The zero-order chi connectivity index (χ0) is 14.4. The molecule has 0 unspecified atom stereocenters. The summed E-state index contributed by atoms with van der Waals surface area (Å²) in [5.41, 5.74) is 2.99. The molecule has 1 aromatic carbocycles. The Labute approximate surface area is 119 Å². The van der Waals surface area contributed by atoms with Crippen molar-refractivity contribution in [1.82, 2.24) is 4.90 Å². The lowest BCUT2D eigenvalue weighted by Crippen LogP contribution is -2.36. The molecule has 2 rings (SSSR count). The van der Waals surface area contributed by atoms with Gasteiger partial charge in [0.2, 0.25) is 0 Å². The second-order valence-electron chi connectivity index (χ2n) is 4.91. The van der Waals surface area contributed by atoms with Crippen LogP contribution in [0.2, 0.25) is 0 Å². The summed E-state index contributed by atoms with van der Waals surface area (Å²) >= 11 is 0. The summed E-state index contributed by atoms with van der Waals surface area (Å²) in [7, 11) is 1.60. The van der Waals surface area contributed by atoms with Crippen LogP contribution in [0.3, 0.4) is 0 Å². The maximum Gasteiger partial charge on any atom is 0.254 e. The fourth-order valence-electron chi connectivity index (χ4n) is 2.43. The van der Waals surface area contributed by atoms with Gasteiger partial charge in [-0.3, -0.25) is 4.79 Å². The molecule has 1 aromatic rings. The molecule has 1 heterocycles. The van der Waals surface area contributed by atoms with Gasteiger partial charge < -0.3 is 20.1 Å². The molecule has 5 nitrogen and oxygen atoms in total. The third-order valence-electron chi connectivity index (χ3n) is 3.51. The summed E-state index contributed by atoms with van der Waals surface area (Å²) in [5.74, 6) is -0.0514. The predicted molar refractivity (Wildman–Crippen MR) is 78.1 cm³/mol. The molecule has 0 atom stereocenters. The molecule has 0 saturated carbocycles. The molecule has 1 amide bonds. The van der Waals surface area contributed by atoms with Crippen molar-refractivity contribution in [2.24, 2.45) is 0 Å². The zero-order valence-electron chi connectivity index (χ0n) is 11.9. The third-order valence-corrected chi connectivity index (χ3v) is 3.51. The largest absolute Gasteiger partial charge is 0.395 e. The number of carbonyl (C=O) groups excluding carboxylic acids is 1. The number of nitrogens with one attached hydrogen (secondary N) is 1. The Morgan fingerprint density at radius 1 is 1.45 bits per heavy atom. The van der Waals surface area contributed by atoms with Crippen molar-refractivity contribution in [3.63, 3.8) is 0 Å². The van der Waals surface area contributed by atoms with E-state index in [4.69, 9.17) is 9.84 Å². The quantitative estimate of drug-likeness (QED) is 0.819. The molecule has 1 aliphatic heterocycles. The summed E-state index contributed by atoms with van der Waals surface area (Å²) in [6.07, 6.45) is 2.09. The first-order chi connectivity index (χ1) is 9.76. The predicted octanol–water partition coefficient (Wildman–Crippen LogP) is 1.13. The first-order valence-electron chi connectivity index (χ1n) is 7.02. The number of carbonyl (C=O) groups is 1. The van der Waals surface area contributed by atoms with Gasteiger partial charge in [0.05, 0.1) is 13.2 Å². The molecule has 2 N–H and O–H groups in total. The number of amides is 1. The lowest BCUT2D eigenvalue weighted by molar-refractivity contribution is 0.0656. The number of fused-ring (bicyclic) bond motifs is 1. The molecule has 5 heteroatoms. The number of hydrogen-bond acceptors (Lipinski definition) is 4. The first kappa shape index (κ1) is 14.8. The molecule has 0 aromatic heterocycles. The van der Waals surface area contributed by atoms with Crippen LogP contribution in [0.15, 0.2) is 18.2 Å². The lowest BCUT2D eigenvalue weighted by atomic mass is 10.0. The second-order valence-corrected chi connectivity index (χ2v) is 4.91. The van der Waals surface area contributed by atoms with E-state index < -0.39 is 0 Å². The van der Waals surface area contributed by atoms with Crippen LogP contribution in [0.1, 0.15) is 22.3 Å². The minimum Gasteiger partial charge on any atom is -0.395 e. The number of rotatable bonds is 6. The van der Waals surface area contributed by atoms with E-state index in [2.05, 4.69) is 5.32 Å². The minimum atomic E-state index is -0.0514. The van der Waals surface area contributed by atoms with Crippen LogP contribution in [-0.4, -0.2) is 55.9 Å². The molecule has 20 heavy (non-hydrogen) atoms. The highest BCUT2D eigenvalue weighted by Gasteiger charge is 2.17. The molecule has 0 spiro atoms. The molecule has 0 radical (unpaired) electrons. The normalized spacial score (nSPS) is 13.5. The van der Waals surface area contributed by atoms with Gasteiger partial charge in [0.15, 0.2) is 0 Å². The first-order valence-corrected chi connectivity index (χ1v) is 7.02. The summed E-state index contributed by atoms with van der Waals surface area (Å²) in [5, 5.41) is 12.4. The molecule has 0 bridgehead atoms. The van der Waals surface area contributed by atoms with Gasteiger partial charge in [0, 0.05) is 38.0 Å². The van der Waals surface area contributed by atoms with Gasteiger partial charge in [0.1, 0.15) is 0 Å². The number of benzene rings is 1. The van der Waals surface area contributed by atoms with E-state index in [1.54, 1.807) is 12.0 Å². The Hall–Kier alpha value is -1.59. The zero-order valence-corrected chi connectivity index (χ0v) is 11.9. The van der Waals surface area contributed by atoms with E-state index in [9.17, 15) is 4.79 Å². The molecule has 0 saturated heterocycles. The highest BCUT2D eigenvalue weighted by atomic mass is 16.5. The molecular formula is C15H22N2O3. The fourth-order valence-corrected chi connectivity index (χ4v) is 2.43. The average Bonchev–Trinajstić information content (AvgIpc) is 2.50. The monoisotopic (exact) mass is 278 g/mol. The van der Waals surface area contributed by atoms with Gasteiger partial charge in [0.25, 0.3) is 5.91 Å². The summed E-state index contributed by atoms with van der Waals surface area (Å²) in [6.45, 7) is 2.24. The van der Waals surface area contributed by atoms with Gasteiger partial charge in [-0.05, 0) is 36.6 Å². The van der Waals surface area contributed by atoms with Crippen molar-refractivity contribution < 1.29 is 14.6 Å². The van der Waals surface area contributed by atoms with E-state index in [1.807, 2.05) is 18.2 Å². The van der Waals surface area contributed by atoms with E-state index in [0.29, 0.717) is 25.3 Å². The van der Waals surface area contributed by atoms with E-state index in [1.165, 1.54) is 5.56 Å². The Kier molecular flexibility index (Phi) is 5.38. The van der Waals surface area contributed by atoms with Gasteiger partial charge in [-0.25, -0.2) is 0 Å². The Morgan fingerprint density at radius 2 is 2.30 bits per heavy atom. The van der Waals surface area contributed by atoms with Crippen LogP contribution in [0.25, 0.3) is 0 Å². The molecular weight excluding hydrogens is 256 g/mol. The molecule has 1 aliphatic rings. The maximum atomic E-state index is 12.5. The van der Waals surface area contributed by atoms with Crippen molar-refractivity contribution in [3.8, 4) is 0 Å². The van der Waals surface area contributed by atoms with E-state index in [-0.39, 0.29) is 12.5 Å². The van der Waals surface area contributed by atoms with Crippen LogP contribution in [-0.2, 0) is 11.2 Å². The van der Waals surface area contributed by atoms with Crippen molar-refractivity contribution in [2.45, 2.75) is 12.8 Å². The number of hydrogen-bond donors (Lipinski definition) is 2. The highest BCUT2D eigenvalue weighted by molar-refractivity contribution is 5.95. The van der Waals surface area contributed by atoms with Crippen LogP contribution in [0.5, 0.6) is 0 Å². The number of anilines is 1. The van der Waals surface area contributed by atoms with Crippen LogP contribution >= 0.6 is 0 Å². The Balaban J connectivity index is 2.13. The maximum absolute atomic E-state index is 12.5. The number of methoxy groups -OCH3 is 1. The van der Waals surface area contributed by atoms with E-state index >= 15 is 0 Å².